The summed E-state index contributed by atoms with van der Waals surface area (Å²) in [6.07, 6.45) is 4.70. The fraction of sp³-hybridized carbons (Fsp3) is 0.625. The van der Waals surface area contributed by atoms with Crippen LogP contribution in [0.5, 0.6) is 0 Å². The zero-order valence-corrected chi connectivity index (χ0v) is 7.04. The van der Waals surface area contributed by atoms with Crippen molar-refractivity contribution in [2.24, 2.45) is 5.73 Å². The first-order valence-electron chi connectivity index (χ1n) is 3.75. The van der Waals surface area contributed by atoms with Crippen LogP contribution in [-0.4, -0.2) is 18.6 Å². The molecule has 0 aliphatic rings. The average Bonchev–Trinajstić information content (AvgIpc) is 1.97. The van der Waals surface area contributed by atoms with Crippen LogP contribution in [0.3, 0.4) is 0 Å². The molecular weight excluding hydrogens is 142 g/mol. The monoisotopic (exact) mass is 157 g/mol. The van der Waals surface area contributed by atoms with Gasteiger partial charge in [-0.05, 0) is 13.3 Å². The van der Waals surface area contributed by atoms with Gasteiger partial charge in [-0.2, -0.15) is 0 Å². The van der Waals surface area contributed by atoms with E-state index in [1.54, 1.807) is 13.0 Å². The molecular formula is C8H15NO2. The molecule has 64 valence electrons. The summed E-state index contributed by atoms with van der Waals surface area (Å²) in [7, 11) is 0. The normalized spacial score (nSPS) is 13.4. The molecule has 3 nitrogen and oxygen atoms in total. The molecule has 0 saturated heterocycles. The van der Waals surface area contributed by atoms with E-state index >= 15 is 0 Å². The van der Waals surface area contributed by atoms with E-state index in [2.05, 4.69) is 0 Å². The highest BCUT2D eigenvalue weighted by Gasteiger charge is 2.06. The highest BCUT2D eigenvalue weighted by Crippen LogP contribution is 1.85. The minimum atomic E-state index is -0.523. The summed E-state index contributed by atoms with van der Waals surface area (Å²) < 4.78 is 4.75. The predicted octanol–water partition coefficient (Wildman–Crippen LogP) is 0.843. The Kier molecular flexibility index (Phi) is 5.47. The third-order valence-corrected chi connectivity index (χ3v) is 1.10. The van der Waals surface area contributed by atoms with E-state index in [0.717, 1.165) is 6.42 Å². The lowest BCUT2D eigenvalue weighted by Gasteiger charge is -2.03. The minimum absolute atomic E-state index is 0.328. The van der Waals surface area contributed by atoms with Crippen molar-refractivity contribution in [3.8, 4) is 0 Å². The van der Waals surface area contributed by atoms with Crippen molar-refractivity contribution in [3.05, 3.63) is 12.2 Å². The van der Waals surface area contributed by atoms with E-state index < -0.39 is 6.04 Å². The van der Waals surface area contributed by atoms with Crippen molar-refractivity contribution in [3.63, 3.8) is 0 Å². The van der Waals surface area contributed by atoms with E-state index in [1.165, 1.54) is 0 Å². The van der Waals surface area contributed by atoms with Crippen molar-refractivity contribution in [1.29, 1.82) is 0 Å². The standard InChI is InChI=1S/C8H15NO2/c1-3-4-5-6-11-8(10)7(2)9/h4-5,7H,3,6,9H2,1-2H3. The lowest BCUT2D eigenvalue weighted by atomic mass is 10.4. The Hall–Kier alpha value is -0.830. The smallest absolute Gasteiger partial charge is 0.322 e. The van der Waals surface area contributed by atoms with Crippen LogP contribution < -0.4 is 5.73 Å². The number of carbonyl (C=O) groups is 1. The molecule has 1 atom stereocenters. The average molecular weight is 157 g/mol. The Labute approximate surface area is 67.2 Å². The summed E-state index contributed by atoms with van der Waals surface area (Å²) in [6, 6.07) is -0.523. The van der Waals surface area contributed by atoms with Gasteiger partial charge in [0.05, 0.1) is 0 Å². The summed E-state index contributed by atoms with van der Waals surface area (Å²) in [4.78, 5) is 10.7. The van der Waals surface area contributed by atoms with Crippen LogP contribution in [0.25, 0.3) is 0 Å². The first-order valence-corrected chi connectivity index (χ1v) is 3.75. The number of carbonyl (C=O) groups excluding carboxylic acids is 1. The predicted molar refractivity (Wildman–Crippen MR) is 44.0 cm³/mol. The van der Waals surface area contributed by atoms with E-state index in [1.807, 2.05) is 13.0 Å². The van der Waals surface area contributed by atoms with Gasteiger partial charge in [0, 0.05) is 0 Å². The number of esters is 1. The molecule has 0 aromatic rings. The van der Waals surface area contributed by atoms with Crippen LogP contribution in [0.4, 0.5) is 0 Å². The maximum absolute atomic E-state index is 10.7. The Morgan fingerprint density at radius 2 is 2.27 bits per heavy atom. The molecule has 0 aromatic carbocycles. The van der Waals surface area contributed by atoms with Gasteiger partial charge in [0.15, 0.2) is 0 Å². The number of rotatable bonds is 4. The van der Waals surface area contributed by atoms with Crippen LogP contribution >= 0.6 is 0 Å². The lowest BCUT2D eigenvalue weighted by molar-refractivity contribution is -0.143. The second kappa shape index (κ2) is 5.92. The van der Waals surface area contributed by atoms with Crippen LogP contribution in [0.2, 0.25) is 0 Å². The SMILES string of the molecule is CCC=CCOC(=O)C(C)N. The Morgan fingerprint density at radius 1 is 1.64 bits per heavy atom. The molecule has 0 radical (unpaired) electrons. The van der Waals surface area contributed by atoms with E-state index in [-0.39, 0.29) is 5.97 Å². The molecule has 1 unspecified atom stereocenters. The maximum Gasteiger partial charge on any atom is 0.322 e. The van der Waals surface area contributed by atoms with E-state index in [4.69, 9.17) is 10.5 Å². The topological polar surface area (TPSA) is 52.3 Å². The lowest BCUT2D eigenvalue weighted by Crippen LogP contribution is -2.28. The molecule has 0 aromatic heterocycles. The molecule has 0 spiro atoms. The largest absolute Gasteiger partial charge is 0.460 e. The van der Waals surface area contributed by atoms with Crippen molar-refractivity contribution in [2.45, 2.75) is 26.3 Å². The second-order valence-corrected chi connectivity index (χ2v) is 2.30. The Balaban J connectivity index is 3.39. The number of hydrogen-bond acceptors (Lipinski definition) is 3. The highest BCUT2D eigenvalue weighted by atomic mass is 16.5. The molecule has 3 heteroatoms. The molecule has 0 aliphatic heterocycles. The number of ether oxygens (including phenoxy) is 1. The molecule has 0 heterocycles. The summed E-state index contributed by atoms with van der Waals surface area (Å²) >= 11 is 0. The van der Waals surface area contributed by atoms with Gasteiger partial charge in [-0.15, -0.1) is 0 Å². The molecule has 0 saturated carbocycles. The number of hydrogen-bond donors (Lipinski definition) is 1. The van der Waals surface area contributed by atoms with Gasteiger partial charge in [-0.25, -0.2) is 0 Å². The first-order chi connectivity index (χ1) is 5.18. The van der Waals surface area contributed by atoms with Crippen LogP contribution in [0.15, 0.2) is 12.2 Å². The van der Waals surface area contributed by atoms with Gasteiger partial charge in [-0.3, -0.25) is 4.79 Å². The Bertz CT molecular complexity index is 141. The van der Waals surface area contributed by atoms with Gasteiger partial charge >= 0.3 is 5.97 Å². The number of nitrogens with two attached hydrogens (primary N) is 1. The molecule has 0 amide bonds. The van der Waals surface area contributed by atoms with Crippen LogP contribution in [0, 0.1) is 0 Å². The van der Waals surface area contributed by atoms with Gasteiger partial charge in [0.25, 0.3) is 0 Å². The summed E-state index contributed by atoms with van der Waals surface area (Å²) in [5.41, 5.74) is 5.25. The molecule has 0 rings (SSSR count). The van der Waals surface area contributed by atoms with Crippen molar-refractivity contribution >= 4 is 5.97 Å². The maximum atomic E-state index is 10.7. The molecule has 0 fully saturated rings. The zero-order valence-electron chi connectivity index (χ0n) is 7.04. The van der Waals surface area contributed by atoms with Crippen molar-refractivity contribution < 1.29 is 9.53 Å². The van der Waals surface area contributed by atoms with Gasteiger partial charge in [0.1, 0.15) is 12.6 Å². The van der Waals surface area contributed by atoms with Gasteiger partial charge in [-0.1, -0.05) is 19.1 Å². The minimum Gasteiger partial charge on any atom is -0.460 e. The van der Waals surface area contributed by atoms with Crippen LogP contribution in [-0.2, 0) is 9.53 Å². The molecule has 0 aliphatic carbocycles. The summed E-state index contributed by atoms with van der Waals surface area (Å²) in [5, 5.41) is 0. The first kappa shape index (κ1) is 10.2. The summed E-state index contributed by atoms with van der Waals surface area (Å²) in [5.74, 6) is -0.356. The van der Waals surface area contributed by atoms with Crippen molar-refractivity contribution in [1.82, 2.24) is 0 Å². The molecule has 0 bridgehead atoms. The molecule has 2 N–H and O–H groups in total. The fourth-order valence-electron chi connectivity index (χ4n) is 0.496. The zero-order chi connectivity index (χ0) is 8.69. The second-order valence-electron chi connectivity index (χ2n) is 2.30. The quantitative estimate of drug-likeness (QED) is 0.486. The van der Waals surface area contributed by atoms with Gasteiger partial charge in [0.2, 0.25) is 0 Å². The van der Waals surface area contributed by atoms with Gasteiger partial charge < -0.3 is 10.5 Å². The number of allylic oxidation sites excluding steroid dienone is 1. The third-order valence-electron chi connectivity index (χ3n) is 1.10. The third kappa shape index (κ3) is 5.61. The Morgan fingerprint density at radius 3 is 2.73 bits per heavy atom. The van der Waals surface area contributed by atoms with Crippen LogP contribution in [0.1, 0.15) is 20.3 Å². The summed E-state index contributed by atoms with van der Waals surface area (Å²) in [6.45, 7) is 3.95. The fourth-order valence-corrected chi connectivity index (χ4v) is 0.496. The van der Waals surface area contributed by atoms with Crippen molar-refractivity contribution in [2.75, 3.05) is 6.61 Å². The van der Waals surface area contributed by atoms with E-state index in [0.29, 0.717) is 6.61 Å². The highest BCUT2D eigenvalue weighted by molar-refractivity contribution is 5.74. The van der Waals surface area contributed by atoms with E-state index in [9.17, 15) is 4.79 Å². The molecule has 11 heavy (non-hydrogen) atoms.